The van der Waals surface area contributed by atoms with Crippen molar-refractivity contribution in [2.24, 2.45) is 17.6 Å². The van der Waals surface area contributed by atoms with Crippen LogP contribution in [-0.4, -0.2) is 13.2 Å². The second kappa shape index (κ2) is 6.04. The van der Waals surface area contributed by atoms with Gasteiger partial charge < -0.3 is 15.2 Å². The Morgan fingerprint density at radius 1 is 1.05 bits per heavy atom. The van der Waals surface area contributed by atoms with Crippen LogP contribution in [0.1, 0.15) is 50.6 Å². The quantitative estimate of drug-likeness (QED) is 0.895. The molecule has 0 bridgehead atoms. The van der Waals surface area contributed by atoms with Crippen molar-refractivity contribution in [2.75, 3.05) is 13.2 Å². The van der Waals surface area contributed by atoms with Crippen LogP contribution in [-0.2, 0) is 0 Å². The molecule has 0 amide bonds. The first kappa shape index (κ1) is 13.7. The summed E-state index contributed by atoms with van der Waals surface area (Å²) in [5, 5.41) is 0. The molecule has 0 radical (unpaired) electrons. The summed E-state index contributed by atoms with van der Waals surface area (Å²) >= 11 is 0. The third-order valence-corrected chi connectivity index (χ3v) is 4.56. The van der Waals surface area contributed by atoms with Crippen molar-refractivity contribution >= 4 is 0 Å². The van der Waals surface area contributed by atoms with E-state index in [1.807, 2.05) is 6.07 Å². The zero-order valence-electron chi connectivity index (χ0n) is 12.3. The summed E-state index contributed by atoms with van der Waals surface area (Å²) in [7, 11) is 0. The van der Waals surface area contributed by atoms with Crippen molar-refractivity contribution < 1.29 is 9.47 Å². The van der Waals surface area contributed by atoms with Crippen molar-refractivity contribution in [3.63, 3.8) is 0 Å². The molecule has 1 saturated carbocycles. The Morgan fingerprint density at radius 3 is 2.50 bits per heavy atom. The second-order valence-electron chi connectivity index (χ2n) is 6.36. The molecule has 20 heavy (non-hydrogen) atoms. The minimum Gasteiger partial charge on any atom is -0.489 e. The van der Waals surface area contributed by atoms with E-state index in [0.29, 0.717) is 11.8 Å². The topological polar surface area (TPSA) is 44.5 Å². The molecule has 0 spiro atoms. The molecule has 2 atom stereocenters. The molecule has 2 aliphatic rings. The summed E-state index contributed by atoms with van der Waals surface area (Å²) in [5.74, 6) is 2.76. The number of rotatable bonds is 2. The molecule has 2 N–H and O–H groups in total. The van der Waals surface area contributed by atoms with Crippen LogP contribution in [0.4, 0.5) is 0 Å². The van der Waals surface area contributed by atoms with E-state index in [1.165, 1.54) is 37.7 Å². The van der Waals surface area contributed by atoms with Gasteiger partial charge in [0, 0.05) is 12.0 Å². The van der Waals surface area contributed by atoms with Gasteiger partial charge in [0.25, 0.3) is 0 Å². The standard InChI is InChI=1S/C17H25NO2/c1-12-10-19-15-8-7-14(9-16(15)20-11-12)17(18)13-5-3-2-4-6-13/h7-9,12-13,17H,2-6,10-11,18H2,1H3. The van der Waals surface area contributed by atoms with Gasteiger partial charge in [-0.15, -0.1) is 0 Å². The lowest BCUT2D eigenvalue weighted by atomic mass is 9.81. The van der Waals surface area contributed by atoms with Crippen molar-refractivity contribution in [3.8, 4) is 11.5 Å². The van der Waals surface area contributed by atoms with E-state index < -0.39 is 0 Å². The van der Waals surface area contributed by atoms with Gasteiger partial charge >= 0.3 is 0 Å². The van der Waals surface area contributed by atoms with Crippen LogP contribution in [0.3, 0.4) is 0 Å². The Kier molecular flexibility index (Phi) is 4.16. The van der Waals surface area contributed by atoms with E-state index in [2.05, 4.69) is 19.1 Å². The normalized spacial score (nSPS) is 25.0. The molecule has 1 aliphatic carbocycles. The molecule has 0 saturated heterocycles. The summed E-state index contributed by atoms with van der Waals surface area (Å²) < 4.78 is 11.6. The summed E-state index contributed by atoms with van der Waals surface area (Å²) in [4.78, 5) is 0. The van der Waals surface area contributed by atoms with E-state index in [4.69, 9.17) is 15.2 Å². The molecule has 1 heterocycles. The van der Waals surface area contributed by atoms with Gasteiger partial charge in [-0.05, 0) is 36.5 Å². The average molecular weight is 275 g/mol. The summed E-state index contributed by atoms with van der Waals surface area (Å²) in [6.45, 7) is 3.58. The minimum atomic E-state index is 0.130. The molecule has 3 rings (SSSR count). The lowest BCUT2D eigenvalue weighted by Crippen LogP contribution is -2.23. The highest BCUT2D eigenvalue weighted by molar-refractivity contribution is 5.44. The molecule has 1 aliphatic heterocycles. The second-order valence-corrected chi connectivity index (χ2v) is 6.36. The van der Waals surface area contributed by atoms with Gasteiger partial charge in [-0.3, -0.25) is 0 Å². The molecule has 0 aromatic heterocycles. The zero-order chi connectivity index (χ0) is 13.9. The first-order valence-corrected chi connectivity index (χ1v) is 7.89. The highest BCUT2D eigenvalue weighted by atomic mass is 16.5. The number of ether oxygens (including phenoxy) is 2. The van der Waals surface area contributed by atoms with Gasteiger partial charge in [-0.25, -0.2) is 0 Å². The van der Waals surface area contributed by atoms with E-state index in [-0.39, 0.29) is 6.04 Å². The van der Waals surface area contributed by atoms with Gasteiger partial charge in [0.1, 0.15) is 0 Å². The van der Waals surface area contributed by atoms with Crippen LogP contribution in [0, 0.1) is 11.8 Å². The van der Waals surface area contributed by atoms with E-state index in [0.717, 1.165) is 24.7 Å². The number of fused-ring (bicyclic) bond motifs is 1. The van der Waals surface area contributed by atoms with Crippen LogP contribution < -0.4 is 15.2 Å². The molecule has 2 unspecified atom stereocenters. The predicted molar refractivity (Wildman–Crippen MR) is 80.1 cm³/mol. The predicted octanol–water partition coefficient (Wildman–Crippen LogP) is 3.67. The van der Waals surface area contributed by atoms with E-state index >= 15 is 0 Å². The van der Waals surface area contributed by atoms with Gasteiger partial charge in [0.15, 0.2) is 11.5 Å². The van der Waals surface area contributed by atoms with Crippen LogP contribution >= 0.6 is 0 Å². The number of hydrogen-bond acceptors (Lipinski definition) is 3. The fraction of sp³-hybridized carbons (Fsp3) is 0.647. The first-order chi connectivity index (χ1) is 9.74. The molecule has 110 valence electrons. The first-order valence-electron chi connectivity index (χ1n) is 7.89. The van der Waals surface area contributed by atoms with Gasteiger partial charge in [-0.2, -0.15) is 0 Å². The zero-order valence-corrected chi connectivity index (χ0v) is 12.3. The van der Waals surface area contributed by atoms with Crippen LogP contribution in [0.15, 0.2) is 18.2 Å². The molecule has 3 nitrogen and oxygen atoms in total. The van der Waals surface area contributed by atoms with E-state index in [9.17, 15) is 0 Å². The maximum Gasteiger partial charge on any atom is 0.161 e. The third kappa shape index (κ3) is 2.93. The smallest absolute Gasteiger partial charge is 0.161 e. The van der Waals surface area contributed by atoms with Gasteiger partial charge in [-0.1, -0.05) is 32.3 Å². The highest BCUT2D eigenvalue weighted by Crippen LogP contribution is 2.37. The Labute approximate surface area is 121 Å². The molecule has 1 aromatic carbocycles. The Bertz CT molecular complexity index is 454. The van der Waals surface area contributed by atoms with Crippen LogP contribution in [0.5, 0.6) is 11.5 Å². The summed E-state index contributed by atoms with van der Waals surface area (Å²) in [5.41, 5.74) is 7.66. The summed E-state index contributed by atoms with van der Waals surface area (Å²) in [6.07, 6.45) is 6.52. The molecule has 3 heteroatoms. The van der Waals surface area contributed by atoms with Crippen LogP contribution in [0.2, 0.25) is 0 Å². The minimum absolute atomic E-state index is 0.130. The SMILES string of the molecule is CC1COc2ccc(C(N)C3CCCCC3)cc2OC1. The maximum absolute atomic E-state index is 6.47. The molecule has 1 fully saturated rings. The van der Waals surface area contributed by atoms with Crippen molar-refractivity contribution in [2.45, 2.75) is 45.1 Å². The molecule has 1 aromatic rings. The van der Waals surface area contributed by atoms with Crippen LogP contribution in [0.25, 0.3) is 0 Å². The van der Waals surface area contributed by atoms with Crippen molar-refractivity contribution in [1.29, 1.82) is 0 Å². The fourth-order valence-electron chi connectivity index (χ4n) is 3.24. The average Bonchev–Trinajstić information content (AvgIpc) is 2.69. The third-order valence-electron chi connectivity index (χ3n) is 4.56. The monoisotopic (exact) mass is 275 g/mol. The van der Waals surface area contributed by atoms with Crippen molar-refractivity contribution in [3.05, 3.63) is 23.8 Å². The number of hydrogen-bond donors (Lipinski definition) is 1. The van der Waals surface area contributed by atoms with E-state index in [1.54, 1.807) is 0 Å². The largest absolute Gasteiger partial charge is 0.489 e. The van der Waals surface area contributed by atoms with Crippen molar-refractivity contribution in [1.82, 2.24) is 0 Å². The lowest BCUT2D eigenvalue weighted by Gasteiger charge is -2.28. The van der Waals surface area contributed by atoms with Gasteiger partial charge in [0.2, 0.25) is 0 Å². The molecular weight excluding hydrogens is 250 g/mol. The Balaban J connectivity index is 1.77. The lowest BCUT2D eigenvalue weighted by molar-refractivity contribution is 0.228. The number of nitrogens with two attached hydrogens (primary N) is 1. The number of benzene rings is 1. The van der Waals surface area contributed by atoms with Gasteiger partial charge in [0.05, 0.1) is 13.2 Å². The molecular formula is C17H25NO2. The Morgan fingerprint density at radius 2 is 1.75 bits per heavy atom. The Hall–Kier alpha value is -1.22. The summed E-state index contributed by atoms with van der Waals surface area (Å²) in [6, 6.07) is 6.35. The highest BCUT2D eigenvalue weighted by Gasteiger charge is 2.23. The fourth-order valence-corrected chi connectivity index (χ4v) is 3.24. The maximum atomic E-state index is 6.47.